The number of anilines is 1. The van der Waals surface area contributed by atoms with Gasteiger partial charge < -0.3 is 10.6 Å². The zero-order valence-corrected chi connectivity index (χ0v) is 8.69. The lowest BCUT2D eigenvalue weighted by Gasteiger charge is -2.21. The SMILES string of the molecule is CCCCN(CCN)c1ncccn1. The average Bonchev–Trinajstić information content (AvgIpc) is 2.25. The first-order valence-electron chi connectivity index (χ1n) is 5.10. The summed E-state index contributed by atoms with van der Waals surface area (Å²) in [5, 5.41) is 0. The summed E-state index contributed by atoms with van der Waals surface area (Å²) >= 11 is 0. The molecule has 0 saturated heterocycles. The van der Waals surface area contributed by atoms with Crippen molar-refractivity contribution in [3.63, 3.8) is 0 Å². The number of nitrogens with two attached hydrogens (primary N) is 1. The predicted octanol–water partition coefficient (Wildman–Crippen LogP) is 1.04. The third-order valence-corrected chi connectivity index (χ3v) is 2.02. The summed E-state index contributed by atoms with van der Waals surface area (Å²) in [7, 11) is 0. The molecular weight excluding hydrogens is 176 g/mol. The molecule has 78 valence electrons. The van der Waals surface area contributed by atoms with E-state index in [1.54, 1.807) is 12.4 Å². The van der Waals surface area contributed by atoms with E-state index in [2.05, 4.69) is 21.8 Å². The van der Waals surface area contributed by atoms with Crippen molar-refractivity contribution in [2.45, 2.75) is 19.8 Å². The van der Waals surface area contributed by atoms with Crippen LogP contribution in [0.25, 0.3) is 0 Å². The normalized spacial score (nSPS) is 10.1. The molecule has 4 heteroatoms. The van der Waals surface area contributed by atoms with Gasteiger partial charge in [0.2, 0.25) is 5.95 Å². The van der Waals surface area contributed by atoms with Gasteiger partial charge in [0.1, 0.15) is 0 Å². The van der Waals surface area contributed by atoms with Crippen molar-refractivity contribution in [2.75, 3.05) is 24.5 Å². The van der Waals surface area contributed by atoms with E-state index >= 15 is 0 Å². The first-order chi connectivity index (χ1) is 6.88. The van der Waals surface area contributed by atoms with Gasteiger partial charge in [0, 0.05) is 32.0 Å². The van der Waals surface area contributed by atoms with E-state index in [1.165, 1.54) is 6.42 Å². The topological polar surface area (TPSA) is 55.0 Å². The van der Waals surface area contributed by atoms with Gasteiger partial charge in [-0.2, -0.15) is 0 Å². The van der Waals surface area contributed by atoms with Gasteiger partial charge in [0.25, 0.3) is 0 Å². The maximum absolute atomic E-state index is 5.54. The summed E-state index contributed by atoms with van der Waals surface area (Å²) in [4.78, 5) is 10.5. The average molecular weight is 194 g/mol. The third-order valence-electron chi connectivity index (χ3n) is 2.02. The highest BCUT2D eigenvalue weighted by molar-refractivity contribution is 5.27. The Kier molecular flexibility index (Phi) is 4.93. The molecule has 0 aliphatic carbocycles. The molecule has 0 radical (unpaired) electrons. The van der Waals surface area contributed by atoms with Crippen LogP contribution in [-0.4, -0.2) is 29.6 Å². The minimum absolute atomic E-state index is 0.641. The largest absolute Gasteiger partial charge is 0.340 e. The molecule has 0 amide bonds. The fraction of sp³-hybridized carbons (Fsp3) is 0.600. The minimum Gasteiger partial charge on any atom is -0.340 e. The Morgan fingerprint density at radius 3 is 2.57 bits per heavy atom. The molecule has 0 unspecified atom stereocenters. The maximum atomic E-state index is 5.54. The van der Waals surface area contributed by atoms with Crippen LogP contribution >= 0.6 is 0 Å². The molecule has 0 fully saturated rings. The Balaban J connectivity index is 2.58. The second kappa shape index (κ2) is 6.32. The molecule has 1 aromatic heterocycles. The zero-order chi connectivity index (χ0) is 10.2. The second-order valence-corrected chi connectivity index (χ2v) is 3.18. The van der Waals surface area contributed by atoms with Gasteiger partial charge in [-0.15, -0.1) is 0 Å². The number of hydrogen-bond acceptors (Lipinski definition) is 4. The molecule has 2 N–H and O–H groups in total. The van der Waals surface area contributed by atoms with Crippen LogP contribution in [0.3, 0.4) is 0 Å². The van der Waals surface area contributed by atoms with Crippen LogP contribution in [0.1, 0.15) is 19.8 Å². The third kappa shape index (κ3) is 3.30. The first kappa shape index (κ1) is 10.9. The van der Waals surface area contributed by atoms with Crippen molar-refractivity contribution in [2.24, 2.45) is 5.73 Å². The van der Waals surface area contributed by atoms with Gasteiger partial charge in [-0.1, -0.05) is 13.3 Å². The van der Waals surface area contributed by atoms with Gasteiger partial charge in [-0.25, -0.2) is 9.97 Å². The van der Waals surface area contributed by atoms with Gasteiger partial charge in [0.05, 0.1) is 0 Å². The first-order valence-corrected chi connectivity index (χ1v) is 5.10. The predicted molar refractivity (Wildman–Crippen MR) is 58.2 cm³/mol. The summed E-state index contributed by atoms with van der Waals surface area (Å²) in [6.45, 7) is 4.62. The standard InChI is InChI=1S/C10H18N4/c1-2-3-8-14(9-5-11)10-12-6-4-7-13-10/h4,6-7H,2-3,5,8-9,11H2,1H3. The molecule has 0 aliphatic heterocycles. The van der Waals surface area contributed by atoms with Crippen molar-refractivity contribution in [3.05, 3.63) is 18.5 Å². The van der Waals surface area contributed by atoms with Crippen molar-refractivity contribution in [1.29, 1.82) is 0 Å². The van der Waals surface area contributed by atoms with E-state index in [1.807, 2.05) is 6.07 Å². The van der Waals surface area contributed by atoms with E-state index in [0.29, 0.717) is 6.54 Å². The molecule has 0 aromatic carbocycles. The Hall–Kier alpha value is -1.16. The van der Waals surface area contributed by atoms with Crippen molar-refractivity contribution in [1.82, 2.24) is 9.97 Å². The molecule has 1 rings (SSSR count). The number of rotatable bonds is 6. The van der Waals surface area contributed by atoms with Crippen molar-refractivity contribution in [3.8, 4) is 0 Å². The summed E-state index contributed by atoms with van der Waals surface area (Å²) in [5.74, 6) is 0.784. The van der Waals surface area contributed by atoms with E-state index in [4.69, 9.17) is 5.73 Å². The summed E-state index contributed by atoms with van der Waals surface area (Å²) in [5.41, 5.74) is 5.54. The molecule has 0 saturated carbocycles. The minimum atomic E-state index is 0.641. The number of nitrogens with zero attached hydrogens (tertiary/aromatic N) is 3. The number of unbranched alkanes of at least 4 members (excludes halogenated alkanes) is 1. The number of aromatic nitrogens is 2. The lowest BCUT2D eigenvalue weighted by Crippen LogP contribution is -2.31. The number of hydrogen-bond donors (Lipinski definition) is 1. The Morgan fingerprint density at radius 2 is 2.00 bits per heavy atom. The van der Waals surface area contributed by atoms with Crippen molar-refractivity contribution < 1.29 is 0 Å². The van der Waals surface area contributed by atoms with Crippen molar-refractivity contribution >= 4 is 5.95 Å². The van der Waals surface area contributed by atoms with Crippen LogP contribution in [0, 0.1) is 0 Å². The summed E-state index contributed by atoms with van der Waals surface area (Å²) in [6.07, 6.45) is 5.85. The highest BCUT2D eigenvalue weighted by Gasteiger charge is 2.06. The molecule has 0 aliphatic rings. The Morgan fingerprint density at radius 1 is 1.29 bits per heavy atom. The second-order valence-electron chi connectivity index (χ2n) is 3.18. The Labute approximate surface area is 85.2 Å². The Bertz CT molecular complexity index is 237. The van der Waals surface area contributed by atoms with Gasteiger partial charge in [-0.3, -0.25) is 0 Å². The molecule has 0 spiro atoms. The lowest BCUT2D eigenvalue weighted by atomic mass is 10.3. The quantitative estimate of drug-likeness (QED) is 0.735. The molecule has 4 nitrogen and oxygen atoms in total. The van der Waals surface area contributed by atoms with E-state index in [0.717, 1.165) is 25.5 Å². The summed E-state index contributed by atoms with van der Waals surface area (Å²) in [6, 6.07) is 1.82. The lowest BCUT2D eigenvalue weighted by molar-refractivity contribution is 0.698. The van der Waals surface area contributed by atoms with Crippen LogP contribution < -0.4 is 10.6 Å². The van der Waals surface area contributed by atoms with E-state index in [9.17, 15) is 0 Å². The van der Waals surface area contributed by atoms with Gasteiger partial charge >= 0.3 is 0 Å². The van der Waals surface area contributed by atoms with Gasteiger partial charge in [-0.05, 0) is 12.5 Å². The maximum Gasteiger partial charge on any atom is 0.225 e. The molecule has 0 bridgehead atoms. The van der Waals surface area contributed by atoms with E-state index in [-0.39, 0.29) is 0 Å². The highest BCUT2D eigenvalue weighted by atomic mass is 15.2. The molecular formula is C10H18N4. The van der Waals surface area contributed by atoms with Crippen LogP contribution in [0.4, 0.5) is 5.95 Å². The van der Waals surface area contributed by atoms with Crippen LogP contribution in [0.2, 0.25) is 0 Å². The smallest absolute Gasteiger partial charge is 0.225 e. The molecule has 1 heterocycles. The van der Waals surface area contributed by atoms with Crippen LogP contribution in [0.15, 0.2) is 18.5 Å². The zero-order valence-electron chi connectivity index (χ0n) is 8.69. The molecule has 1 aromatic rings. The van der Waals surface area contributed by atoms with Crippen LogP contribution in [-0.2, 0) is 0 Å². The monoisotopic (exact) mass is 194 g/mol. The van der Waals surface area contributed by atoms with Gasteiger partial charge in [0.15, 0.2) is 0 Å². The summed E-state index contributed by atoms with van der Waals surface area (Å²) < 4.78 is 0. The van der Waals surface area contributed by atoms with Crippen LogP contribution in [0.5, 0.6) is 0 Å². The fourth-order valence-electron chi connectivity index (χ4n) is 1.27. The molecule has 0 atom stereocenters. The fourth-order valence-corrected chi connectivity index (χ4v) is 1.27. The highest BCUT2D eigenvalue weighted by Crippen LogP contribution is 2.05. The van der Waals surface area contributed by atoms with E-state index < -0.39 is 0 Å². The molecule has 14 heavy (non-hydrogen) atoms.